The third-order valence-corrected chi connectivity index (χ3v) is 5.31. The fourth-order valence-electron chi connectivity index (χ4n) is 3.46. The van der Waals surface area contributed by atoms with Crippen LogP contribution in [0.15, 0.2) is 48.5 Å². The van der Waals surface area contributed by atoms with Crippen molar-refractivity contribution < 1.29 is 9.59 Å². The predicted octanol–water partition coefficient (Wildman–Crippen LogP) is 4.99. The zero-order chi connectivity index (χ0) is 22.3. The minimum absolute atomic E-state index is 0.00384. The molecule has 0 fully saturated rings. The van der Waals surface area contributed by atoms with E-state index >= 15 is 0 Å². The minimum atomic E-state index is -0.524. The normalized spacial score (nSPS) is 12.1. The van der Waals surface area contributed by atoms with Gasteiger partial charge in [-0.1, -0.05) is 67.9 Å². The number of carbonyl (C=O) groups is 2. The molecule has 1 atom stereocenters. The maximum Gasteiger partial charge on any atom is 0.242 e. The molecule has 4 nitrogen and oxygen atoms in total. The quantitative estimate of drug-likeness (QED) is 0.635. The third kappa shape index (κ3) is 7.01. The van der Waals surface area contributed by atoms with Gasteiger partial charge in [0.05, 0.1) is 0 Å². The molecule has 4 heteroatoms. The summed E-state index contributed by atoms with van der Waals surface area (Å²) in [6.07, 6.45) is 1.05. The monoisotopic (exact) mass is 408 g/mol. The molecule has 0 spiro atoms. The second kappa shape index (κ2) is 11.0. The predicted molar refractivity (Wildman–Crippen MR) is 123 cm³/mol. The van der Waals surface area contributed by atoms with E-state index in [1.54, 1.807) is 4.90 Å². The third-order valence-electron chi connectivity index (χ3n) is 5.31. The second-order valence-electron chi connectivity index (χ2n) is 8.75. The standard InChI is InChI=1S/C26H36N2O2/c1-18(2)24-13-10-22(11-14-24)12-15-25(29)28(21(6)26(30)27-19(3)4)17-23-9-7-8-20(5)16-23/h7-11,13-14,16,18-19,21H,12,15,17H2,1-6H3,(H,27,30)/t21-/m1/s1. The van der Waals surface area contributed by atoms with Crippen LogP contribution in [0.4, 0.5) is 0 Å². The molecule has 0 unspecified atom stereocenters. The second-order valence-corrected chi connectivity index (χ2v) is 8.75. The van der Waals surface area contributed by atoms with Crippen LogP contribution in [0.3, 0.4) is 0 Å². The molecule has 0 heterocycles. The van der Waals surface area contributed by atoms with E-state index in [1.165, 1.54) is 5.56 Å². The van der Waals surface area contributed by atoms with E-state index < -0.39 is 6.04 Å². The average molecular weight is 409 g/mol. The fraction of sp³-hybridized carbons (Fsp3) is 0.462. The number of nitrogens with one attached hydrogen (secondary N) is 1. The van der Waals surface area contributed by atoms with Gasteiger partial charge in [0, 0.05) is 19.0 Å². The summed E-state index contributed by atoms with van der Waals surface area (Å²) in [7, 11) is 0. The van der Waals surface area contributed by atoms with Crippen LogP contribution in [0, 0.1) is 6.92 Å². The molecule has 2 rings (SSSR count). The summed E-state index contributed by atoms with van der Waals surface area (Å²) in [4.78, 5) is 27.5. The van der Waals surface area contributed by atoms with E-state index in [0.29, 0.717) is 25.3 Å². The highest BCUT2D eigenvalue weighted by molar-refractivity contribution is 5.87. The van der Waals surface area contributed by atoms with E-state index in [4.69, 9.17) is 0 Å². The first-order valence-corrected chi connectivity index (χ1v) is 10.9. The lowest BCUT2D eigenvalue weighted by Gasteiger charge is -2.29. The first-order valence-electron chi connectivity index (χ1n) is 10.9. The lowest BCUT2D eigenvalue weighted by atomic mass is 10.00. The van der Waals surface area contributed by atoms with Crippen molar-refractivity contribution in [2.24, 2.45) is 0 Å². The number of benzene rings is 2. The van der Waals surface area contributed by atoms with Crippen LogP contribution in [0.25, 0.3) is 0 Å². The Kier molecular flexibility index (Phi) is 8.64. The number of carbonyl (C=O) groups excluding carboxylic acids is 2. The molecule has 0 aliphatic carbocycles. The van der Waals surface area contributed by atoms with Crippen molar-refractivity contribution in [3.8, 4) is 0 Å². The summed E-state index contributed by atoms with van der Waals surface area (Å²) in [6.45, 7) is 12.5. The van der Waals surface area contributed by atoms with Gasteiger partial charge in [0.15, 0.2) is 0 Å². The van der Waals surface area contributed by atoms with E-state index in [9.17, 15) is 9.59 Å². The number of amides is 2. The van der Waals surface area contributed by atoms with Crippen LogP contribution in [-0.2, 0) is 22.6 Å². The molecule has 0 saturated heterocycles. The minimum Gasteiger partial charge on any atom is -0.352 e. The van der Waals surface area contributed by atoms with E-state index in [2.05, 4.69) is 49.5 Å². The van der Waals surface area contributed by atoms with Gasteiger partial charge in [-0.25, -0.2) is 0 Å². The Balaban J connectivity index is 2.13. The van der Waals surface area contributed by atoms with Gasteiger partial charge in [-0.05, 0) is 56.7 Å². The number of hydrogen-bond donors (Lipinski definition) is 1. The molecule has 2 aromatic rings. The smallest absolute Gasteiger partial charge is 0.242 e. The van der Waals surface area contributed by atoms with Crippen LogP contribution < -0.4 is 5.32 Å². The van der Waals surface area contributed by atoms with Crippen LogP contribution in [0.5, 0.6) is 0 Å². The molecule has 0 saturated carbocycles. The Hall–Kier alpha value is -2.62. The number of hydrogen-bond acceptors (Lipinski definition) is 2. The van der Waals surface area contributed by atoms with Crippen LogP contribution in [-0.4, -0.2) is 28.8 Å². The fourth-order valence-corrected chi connectivity index (χ4v) is 3.46. The highest BCUT2D eigenvalue weighted by Crippen LogP contribution is 2.17. The molecule has 2 amide bonds. The molecule has 30 heavy (non-hydrogen) atoms. The molecule has 162 valence electrons. The van der Waals surface area contributed by atoms with Gasteiger partial charge < -0.3 is 10.2 Å². The van der Waals surface area contributed by atoms with Gasteiger partial charge in [0.2, 0.25) is 11.8 Å². The highest BCUT2D eigenvalue weighted by atomic mass is 16.2. The lowest BCUT2D eigenvalue weighted by Crippen LogP contribution is -2.49. The molecular formula is C26H36N2O2. The summed E-state index contributed by atoms with van der Waals surface area (Å²) < 4.78 is 0. The summed E-state index contributed by atoms with van der Waals surface area (Å²) >= 11 is 0. The molecule has 1 N–H and O–H groups in total. The number of rotatable bonds is 9. The first kappa shape index (κ1) is 23.7. The largest absolute Gasteiger partial charge is 0.352 e. The van der Waals surface area contributed by atoms with Crippen LogP contribution >= 0.6 is 0 Å². The molecule has 0 bridgehead atoms. The SMILES string of the molecule is Cc1cccc(CN(C(=O)CCc2ccc(C(C)C)cc2)[C@H](C)C(=O)NC(C)C)c1. The van der Waals surface area contributed by atoms with E-state index in [0.717, 1.165) is 16.7 Å². The molecular weight excluding hydrogens is 372 g/mol. The molecule has 0 radical (unpaired) electrons. The van der Waals surface area contributed by atoms with E-state index in [1.807, 2.05) is 45.9 Å². The maximum absolute atomic E-state index is 13.2. The Labute approximate surface area is 181 Å². The van der Waals surface area contributed by atoms with Gasteiger partial charge >= 0.3 is 0 Å². The summed E-state index contributed by atoms with van der Waals surface area (Å²) in [5.41, 5.74) is 4.62. The van der Waals surface area contributed by atoms with Crippen molar-refractivity contribution in [2.75, 3.05) is 0 Å². The van der Waals surface area contributed by atoms with Crippen molar-refractivity contribution in [2.45, 2.75) is 78.9 Å². The van der Waals surface area contributed by atoms with Gasteiger partial charge in [-0.2, -0.15) is 0 Å². The number of nitrogens with zero attached hydrogens (tertiary/aromatic N) is 1. The lowest BCUT2D eigenvalue weighted by molar-refractivity contribution is -0.140. The Morgan fingerprint density at radius 2 is 1.60 bits per heavy atom. The maximum atomic E-state index is 13.2. The van der Waals surface area contributed by atoms with Gasteiger partial charge in [0.25, 0.3) is 0 Å². The van der Waals surface area contributed by atoms with Crippen LogP contribution in [0.2, 0.25) is 0 Å². The van der Waals surface area contributed by atoms with Crippen molar-refractivity contribution in [3.05, 3.63) is 70.8 Å². The molecule has 0 aromatic heterocycles. The Morgan fingerprint density at radius 1 is 0.933 bits per heavy atom. The Morgan fingerprint density at radius 3 is 2.17 bits per heavy atom. The topological polar surface area (TPSA) is 49.4 Å². The van der Waals surface area contributed by atoms with Crippen molar-refractivity contribution in [3.63, 3.8) is 0 Å². The van der Waals surface area contributed by atoms with Gasteiger partial charge in [0.1, 0.15) is 6.04 Å². The molecule has 2 aromatic carbocycles. The van der Waals surface area contributed by atoms with E-state index in [-0.39, 0.29) is 17.9 Å². The molecule has 0 aliphatic heterocycles. The first-order chi connectivity index (χ1) is 14.2. The Bertz CT molecular complexity index is 840. The zero-order valence-electron chi connectivity index (χ0n) is 19.2. The van der Waals surface area contributed by atoms with Crippen molar-refractivity contribution in [1.82, 2.24) is 10.2 Å². The number of aryl methyl sites for hydroxylation is 2. The summed E-state index contributed by atoms with van der Waals surface area (Å²) in [5, 5.41) is 2.93. The zero-order valence-corrected chi connectivity index (χ0v) is 19.2. The van der Waals surface area contributed by atoms with Crippen molar-refractivity contribution >= 4 is 11.8 Å². The van der Waals surface area contributed by atoms with Gasteiger partial charge in [-0.3, -0.25) is 9.59 Å². The molecule has 0 aliphatic rings. The van der Waals surface area contributed by atoms with Crippen molar-refractivity contribution in [1.29, 1.82) is 0 Å². The summed E-state index contributed by atoms with van der Waals surface area (Å²) in [5.74, 6) is 0.369. The summed E-state index contributed by atoms with van der Waals surface area (Å²) in [6, 6.07) is 16.1. The van der Waals surface area contributed by atoms with Gasteiger partial charge in [-0.15, -0.1) is 0 Å². The highest BCUT2D eigenvalue weighted by Gasteiger charge is 2.26. The van der Waals surface area contributed by atoms with Crippen LogP contribution in [0.1, 0.15) is 69.2 Å². The average Bonchev–Trinajstić information content (AvgIpc) is 2.69.